The van der Waals surface area contributed by atoms with Gasteiger partial charge in [0, 0.05) is 12.4 Å². The predicted octanol–water partition coefficient (Wildman–Crippen LogP) is 3.27. The van der Waals surface area contributed by atoms with Crippen molar-refractivity contribution >= 4 is 18.4 Å². The fourth-order valence-electron chi connectivity index (χ4n) is 2.77. The van der Waals surface area contributed by atoms with E-state index < -0.39 is 5.54 Å². The third-order valence-corrected chi connectivity index (χ3v) is 3.76. The largest absolute Gasteiger partial charge is 0.467 e. The number of carbonyl (C=O) groups excluding carboxylic acids is 1. The molecule has 1 heterocycles. The second kappa shape index (κ2) is 7.11. The van der Waals surface area contributed by atoms with E-state index in [0.29, 0.717) is 0 Å². The molecule has 0 aliphatic rings. The lowest BCUT2D eigenvalue weighted by Crippen LogP contribution is -2.44. The summed E-state index contributed by atoms with van der Waals surface area (Å²) in [6.45, 7) is 0. The summed E-state index contributed by atoms with van der Waals surface area (Å²) in [7, 11) is 1.40. The van der Waals surface area contributed by atoms with Crippen molar-refractivity contribution in [3.63, 3.8) is 0 Å². The molecule has 0 fully saturated rings. The lowest BCUT2D eigenvalue weighted by atomic mass is 9.82. The van der Waals surface area contributed by atoms with Gasteiger partial charge in [0.15, 0.2) is 5.54 Å². The molecule has 0 unspecified atom stereocenters. The fourth-order valence-corrected chi connectivity index (χ4v) is 2.77. The maximum atomic E-state index is 12.9. The van der Waals surface area contributed by atoms with Gasteiger partial charge in [-0.15, -0.1) is 12.4 Å². The Balaban J connectivity index is 0.00000192. The Morgan fingerprint density at radius 1 is 1.00 bits per heavy atom. The highest BCUT2D eigenvalue weighted by Gasteiger charge is 2.44. The zero-order valence-electron chi connectivity index (χ0n) is 12.6. The second-order valence-corrected chi connectivity index (χ2v) is 4.90. The van der Waals surface area contributed by atoms with Crippen LogP contribution in [0.5, 0.6) is 0 Å². The van der Waals surface area contributed by atoms with Crippen LogP contribution in [0, 0.1) is 0 Å². The molecule has 0 atom stereocenters. The topological polar surface area (TPSA) is 44.1 Å². The van der Waals surface area contributed by atoms with Gasteiger partial charge in [0.1, 0.15) is 0 Å². The van der Waals surface area contributed by atoms with E-state index in [1.165, 1.54) is 7.11 Å². The lowest BCUT2D eigenvalue weighted by molar-refractivity contribution is -0.147. The monoisotopic (exact) mass is 328 g/mol. The van der Waals surface area contributed by atoms with E-state index in [9.17, 15) is 4.79 Å². The van der Waals surface area contributed by atoms with Gasteiger partial charge in [-0.3, -0.25) is 0 Å². The Labute approximate surface area is 141 Å². The number of esters is 1. The average Bonchev–Trinajstić information content (AvgIpc) is 3.12. The van der Waals surface area contributed by atoms with Crippen molar-refractivity contribution in [2.24, 2.45) is 0 Å². The summed E-state index contributed by atoms with van der Waals surface area (Å²) in [5.74, 6) is -0.358. The molecule has 0 bridgehead atoms. The Morgan fingerprint density at radius 3 is 1.91 bits per heavy atom. The minimum Gasteiger partial charge on any atom is -0.467 e. The van der Waals surface area contributed by atoms with Crippen LogP contribution in [0.4, 0.5) is 0 Å². The minimum atomic E-state index is -1.09. The van der Waals surface area contributed by atoms with Crippen LogP contribution in [-0.2, 0) is 15.1 Å². The summed E-state index contributed by atoms with van der Waals surface area (Å²) in [6.07, 6.45) is 5.07. The summed E-state index contributed by atoms with van der Waals surface area (Å²) < 4.78 is 6.94. The molecule has 0 spiro atoms. The number of ether oxygens (including phenoxy) is 1. The van der Waals surface area contributed by atoms with Crippen molar-refractivity contribution < 1.29 is 9.53 Å². The Bertz CT molecular complexity index is 704. The van der Waals surface area contributed by atoms with Crippen molar-refractivity contribution in [2.45, 2.75) is 5.54 Å². The summed E-state index contributed by atoms with van der Waals surface area (Å²) in [6, 6.07) is 19.2. The molecule has 0 radical (unpaired) electrons. The maximum absolute atomic E-state index is 12.9. The van der Waals surface area contributed by atoms with E-state index in [-0.39, 0.29) is 18.4 Å². The molecular formula is C18H17ClN2O2. The third-order valence-electron chi connectivity index (χ3n) is 3.76. The predicted molar refractivity (Wildman–Crippen MR) is 90.6 cm³/mol. The van der Waals surface area contributed by atoms with Crippen LogP contribution in [0.2, 0.25) is 0 Å². The van der Waals surface area contributed by atoms with E-state index in [0.717, 1.165) is 11.1 Å². The Kier molecular flexibility index (Phi) is 5.19. The van der Waals surface area contributed by atoms with Crippen LogP contribution in [-0.4, -0.2) is 22.6 Å². The summed E-state index contributed by atoms with van der Waals surface area (Å²) in [5.41, 5.74) is 0.561. The molecule has 3 rings (SSSR count). The molecule has 0 saturated carbocycles. The SMILES string of the molecule is COC(=O)C(c1ccccc1)(c1ccccc1)n1ccnc1.Cl. The molecule has 0 aliphatic carbocycles. The first-order valence-electron chi connectivity index (χ1n) is 6.98. The maximum Gasteiger partial charge on any atom is 0.341 e. The standard InChI is InChI=1S/C18H16N2O2.ClH/c1-22-17(21)18(20-13-12-19-14-20,15-8-4-2-5-9-15)16-10-6-3-7-11-16;/h2-14H,1H3;1H. The van der Waals surface area contributed by atoms with Gasteiger partial charge in [-0.05, 0) is 11.1 Å². The fraction of sp³-hybridized carbons (Fsp3) is 0.111. The first kappa shape index (κ1) is 16.8. The number of nitrogens with zero attached hydrogens (tertiary/aromatic N) is 2. The highest BCUT2D eigenvalue weighted by molar-refractivity contribution is 5.87. The number of rotatable bonds is 4. The summed E-state index contributed by atoms with van der Waals surface area (Å²) in [5, 5.41) is 0. The molecule has 118 valence electrons. The number of methoxy groups -OCH3 is 1. The zero-order valence-corrected chi connectivity index (χ0v) is 13.4. The van der Waals surface area contributed by atoms with Crippen LogP contribution in [0.3, 0.4) is 0 Å². The van der Waals surface area contributed by atoms with Gasteiger partial charge in [0.25, 0.3) is 0 Å². The van der Waals surface area contributed by atoms with Crippen LogP contribution in [0.15, 0.2) is 79.4 Å². The Morgan fingerprint density at radius 2 is 1.52 bits per heavy atom. The number of carbonyl (C=O) groups is 1. The first-order valence-corrected chi connectivity index (χ1v) is 6.98. The van der Waals surface area contributed by atoms with Crippen LogP contribution >= 0.6 is 12.4 Å². The van der Waals surface area contributed by atoms with Gasteiger partial charge >= 0.3 is 5.97 Å². The molecule has 0 aliphatic heterocycles. The quantitative estimate of drug-likeness (QED) is 0.690. The molecule has 5 heteroatoms. The van der Waals surface area contributed by atoms with Crippen LogP contribution in [0.25, 0.3) is 0 Å². The van der Waals surface area contributed by atoms with E-state index in [1.54, 1.807) is 23.3 Å². The minimum absolute atomic E-state index is 0. The number of imidazole rings is 1. The smallest absolute Gasteiger partial charge is 0.341 e. The van der Waals surface area contributed by atoms with E-state index in [2.05, 4.69) is 4.98 Å². The van der Waals surface area contributed by atoms with E-state index >= 15 is 0 Å². The molecule has 0 N–H and O–H groups in total. The van der Waals surface area contributed by atoms with Gasteiger partial charge in [0.05, 0.1) is 13.4 Å². The number of aromatic nitrogens is 2. The lowest BCUT2D eigenvalue weighted by Gasteiger charge is -2.33. The number of hydrogen-bond donors (Lipinski definition) is 0. The number of benzene rings is 2. The molecule has 1 aromatic heterocycles. The molecule has 4 nitrogen and oxygen atoms in total. The zero-order chi connectivity index (χ0) is 15.4. The third kappa shape index (κ3) is 2.73. The summed E-state index contributed by atoms with van der Waals surface area (Å²) >= 11 is 0. The van der Waals surface area contributed by atoms with Crippen LogP contribution < -0.4 is 0 Å². The first-order chi connectivity index (χ1) is 10.8. The highest BCUT2D eigenvalue weighted by Crippen LogP contribution is 2.35. The van der Waals surface area contributed by atoms with E-state index in [1.807, 2.05) is 60.7 Å². The highest BCUT2D eigenvalue weighted by atomic mass is 35.5. The van der Waals surface area contributed by atoms with Crippen molar-refractivity contribution in [1.29, 1.82) is 0 Å². The van der Waals surface area contributed by atoms with Crippen molar-refractivity contribution in [1.82, 2.24) is 9.55 Å². The van der Waals surface area contributed by atoms with Gasteiger partial charge in [-0.2, -0.15) is 0 Å². The average molecular weight is 329 g/mol. The second-order valence-electron chi connectivity index (χ2n) is 4.90. The molecule has 3 aromatic rings. The van der Waals surface area contributed by atoms with Gasteiger partial charge in [-0.1, -0.05) is 60.7 Å². The van der Waals surface area contributed by atoms with Gasteiger partial charge < -0.3 is 9.30 Å². The van der Waals surface area contributed by atoms with Crippen molar-refractivity contribution in [3.05, 3.63) is 90.5 Å². The van der Waals surface area contributed by atoms with Crippen LogP contribution in [0.1, 0.15) is 11.1 Å². The molecule has 0 saturated heterocycles. The molecule has 0 amide bonds. The van der Waals surface area contributed by atoms with Crippen molar-refractivity contribution in [2.75, 3.05) is 7.11 Å². The van der Waals surface area contributed by atoms with Crippen molar-refractivity contribution in [3.8, 4) is 0 Å². The number of hydrogen-bond acceptors (Lipinski definition) is 3. The Hall–Kier alpha value is -2.59. The number of halogens is 1. The normalized spacial score (nSPS) is 10.7. The molecule has 2 aromatic carbocycles. The molecule has 23 heavy (non-hydrogen) atoms. The van der Waals surface area contributed by atoms with E-state index in [4.69, 9.17) is 4.74 Å². The van der Waals surface area contributed by atoms with Gasteiger partial charge in [-0.25, -0.2) is 9.78 Å². The molecular weight excluding hydrogens is 312 g/mol. The van der Waals surface area contributed by atoms with Gasteiger partial charge in [0.2, 0.25) is 0 Å². The summed E-state index contributed by atoms with van der Waals surface area (Å²) in [4.78, 5) is 17.0.